The molecular formula is C28H32N3O2+. The van der Waals surface area contributed by atoms with Gasteiger partial charge in [-0.3, -0.25) is 5.32 Å². The third kappa shape index (κ3) is 4.58. The van der Waals surface area contributed by atoms with Crippen molar-refractivity contribution in [2.24, 2.45) is 0 Å². The fourth-order valence-corrected chi connectivity index (χ4v) is 4.92. The second-order valence-corrected chi connectivity index (χ2v) is 9.95. The summed E-state index contributed by atoms with van der Waals surface area (Å²) in [5.41, 5.74) is 7.90. The lowest BCUT2D eigenvalue weighted by molar-refractivity contribution is -0.423. The molecule has 2 aliphatic heterocycles. The first-order chi connectivity index (χ1) is 15.9. The third-order valence-corrected chi connectivity index (χ3v) is 6.40. The maximum Gasteiger partial charge on any atom is 0.412 e. The summed E-state index contributed by atoms with van der Waals surface area (Å²) in [7, 11) is 0. The maximum atomic E-state index is 12.7. The van der Waals surface area contributed by atoms with Gasteiger partial charge in [0.15, 0.2) is 12.8 Å². The van der Waals surface area contributed by atoms with Gasteiger partial charge in [0.05, 0.1) is 5.70 Å². The van der Waals surface area contributed by atoms with Gasteiger partial charge in [0.2, 0.25) is 5.69 Å². The molecule has 5 rings (SSSR count). The Morgan fingerprint density at radius 2 is 1.76 bits per heavy atom. The van der Waals surface area contributed by atoms with E-state index in [0.29, 0.717) is 0 Å². The van der Waals surface area contributed by atoms with Crippen molar-refractivity contribution in [3.05, 3.63) is 82.7 Å². The Morgan fingerprint density at radius 3 is 2.58 bits per heavy atom. The largest absolute Gasteiger partial charge is 0.444 e. The lowest BCUT2D eigenvalue weighted by atomic mass is 10.2. The number of carbonyl (C=O) groups is 1. The molecule has 0 atom stereocenters. The molecule has 0 radical (unpaired) electrons. The molecule has 5 heteroatoms. The van der Waals surface area contributed by atoms with Crippen molar-refractivity contribution < 1.29 is 14.1 Å². The molecule has 2 aromatic carbocycles. The van der Waals surface area contributed by atoms with Crippen LogP contribution in [0.25, 0.3) is 0 Å². The molecule has 0 bridgehead atoms. The standard InChI is InChI=1S/C28H31N3O2/c1-28(2,3)33-27(32)29-26-22(18-30-16-14-20-8-4-6-10-24(20)30)12-13-23(26)19-31-17-15-21-9-5-7-11-25(21)31/h4-11,18-19H,12-17H2,1-3H3/p+1. The Kier molecular flexibility index (Phi) is 5.57. The predicted molar refractivity (Wildman–Crippen MR) is 132 cm³/mol. The summed E-state index contributed by atoms with van der Waals surface area (Å²) in [6.45, 7) is 7.59. The first-order valence-electron chi connectivity index (χ1n) is 11.9. The van der Waals surface area contributed by atoms with Crippen LogP contribution in [0.2, 0.25) is 0 Å². The minimum Gasteiger partial charge on any atom is -0.444 e. The van der Waals surface area contributed by atoms with Crippen molar-refractivity contribution in [3.63, 3.8) is 0 Å². The molecule has 0 spiro atoms. The zero-order chi connectivity index (χ0) is 23.0. The number of allylic oxidation sites excluding steroid dienone is 2. The van der Waals surface area contributed by atoms with Crippen molar-refractivity contribution in [1.29, 1.82) is 0 Å². The van der Waals surface area contributed by atoms with Crippen molar-refractivity contribution in [2.45, 2.75) is 52.1 Å². The molecule has 5 nitrogen and oxygen atoms in total. The van der Waals surface area contributed by atoms with Gasteiger partial charge in [0.25, 0.3) is 0 Å². The van der Waals surface area contributed by atoms with E-state index in [1.165, 1.54) is 22.5 Å². The number of alkyl carbamates (subject to hydrolysis) is 1. The number of ether oxygens (including phenoxy) is 1. The molecule has 1 aliphatic carbocycles. The summed E-state index contributed by atoms with van der Waals surface area (Å²) < 4.78 is 7.91. The van der Waals surface area contributed by atoms with Gasteiger partial charge in [-0.1, -0.05) is 36.4 Å². The van der Waals surface area contributed by atoms with Gasteiger partial charge in [0, 0.05) is 42.1 Å². The molecule has 2 heterocycles. The van der Waals surface area contributed by atoms with Gasteiger partial charge in [-0.05, 0) is 57.2 Å². The minimum absolute atomic E-state index is 0.403. The van der Waals surface area contributed by atoms with E-state index in [9.17, 15) is 4.79 Å². The van der Waals surface area contributed by atoms with Crippen molar-refractivity contribution in [1.82, 2.24) is 5.32 Å². The highest BCUT2D eigenvalue weighted by atomic mass is 16.6. The van der Waals surface area contributed by atoms with Gasteiger partial charge >= 0.3 is 6.09 Å². The lowest BCUT2D eigenvalue weighted by Crippen LogP contribution is -2.33. The van der Waals surface area contributed by atoms with E-state index >= 15 is 0 Å². The van der Waals surface area contributed by atoms with E-state index in [0.717, 1.165) is 55.6 Å². The predicted octanol–water partition coefficient (Wildman–Crippen LogP) is 5.48. The van der Waals surface area contributed by atoms with Crippen LogP contribution in [0.4, 0.5) is 16.2 Å². The lowest BCUT2D eigenvalue weighted by Gasteiger charge is -2.21. The highest BCUT2D eigenvalue weighted by Crippen LogP contribution is 2.34. The molecule has 1 N–H and O–H groups in total. The number of benzene rings is 2. The molecule has 170 valence electrons. The number of fused-ring (bicyclic) bond motifs is 2. The molecule has 0 fully saturated rings. The first-order valence-corrected chi connectivity index (χ1v) is 11.9. The van der Waals surface area contributed by atoms with Crippen LogP contribution in [-0.2, 0) is 17.6 Å². The van der Waals surface area contributed by atoms with E-state index in [-0.39, 0.29) is 0 Å². The number of amides is 1. The SMILES string of the molecule is CC(C)(C)OC(=O)NC1=C(C=[N+]2CCc3ccccc32)CCC1=CN1CCc2ccccc21. The van der Waals surface area contributed by atoms with Crippen LogP contribution in [0.1, 0.15) is 44.7 Å². The average molecular weight is 443 g/mol. The summed E-state index contributed by atoms with van der Waals surface area (Å²) >= 11 is 0. The number of para-hydroxylation sites is 2. The van der Waals surface area contributed by atoms with Crippen LogP contribution in [0.15, 0.2) is 71.6 Å². The van der Waals surface area contributed by atoms with Crippen molar-refractivity contribution in [3.8, 4) is 0 Å². The average Bonchev–Trinajstić information content (AvgIpc) is 3.47. The van der Waals surface area contributed by atoms with Crippen LogP contribution >= 0.6 is 0 Å². The fraction of sp³-hybridized carbons (Fsp3) is 0.357. The maximum absolute atomic E-state index is 12.7. The molecule has 0 saturated carbocycles. The quantitative estimate of drug-likeness (QED) is 0.641. The van der Waals surface area contributed by atoms with Crippen LogP contribution in [0, 0.1) is 0 Å². The van der Waals surface area contributed by atoms with E-state index < -0.39 is 11.7 Å². The highest BCUT2D eigenvalue weighted by Gasteiger charge is 2.29. The minimum atomic E-state index is -0.543. The van der Waals surface area contributed by atoms with Crippen LogP contribution in [0.5, 0.6) is 0 Å². The highest BCUT2D eigenvalue weighted by molar-refractivity contribution is 5.83. The van der Waals surface area contributed by atoms with Crippen LogP contribution in [0.3, 0.4) is 0 Å². The third-order valence-electron chi connectivity index (χ3n) is 6.40. The van der Waals surface area contributed by atoms with Gasteiger partial charge in [0.1, 0.15) is 5.60 Å². The second-order valence-electron chi connectivity index (χ2n) is 9.95. The topological polar surface area (TPSA) is 44.6 Å². The molecule has 3 aliphatic rings. The van der Waals surface area contributed by atoms with E-state index in [2.05, 4.69) is 75.7 Å². The summed E-state index contributed by atoms with van der Waals surface area (Å²) in [5.74, 6) is 0. The number of anilines is 1. The molecule has 0 aromatic heterocycles. The molecule has 1 amide bonds. The van der Waals surface area contributed by atoms with Gasteiger partial charge in [-0.15, -0.1) is 0 Å². The summed E-state index contributed by atoms with van der Waals surface area (Å²) in [6, 6.07) is 17.1. The molecular weight excluding hydrogens is 410 g/mol. The number of nitrogens with zero attached hydrogens (tertiary/aromatic N) is 2. The Bertz CT molecular complexity index is 1180. The van der Waals surface area contributed by atoms with Crippen LogP contribution < -0.4 is 10.2 Å². The molecule has 33 heavy (non-hydrogen) atoms. The smallest absolute Gasteiger partial charge is 0.412 e. The summed E-state index contributed by atoms with van der Waals surface area (Å²) in [5, 5.41) is 3.10. The molecule has 0 saturated heterocycles. The van der Waals surface area contributed by atoms with Gasteiger partial charge in [-0.25, -0.2) is 4.79 Å². The normalized spacial score (nSPS) is 19.9. The Balaban J connectivity index is 1.50. The first kappa shape index (κ1) is 21.5. The zero-order valence-electron chi connectivity index (χ0n) is 19.7. The number of hydrogen-bond acceptors (Lipinski definition) is 3. The molecule has 0 unspecified atom stereocenters. The zero-order valence-corrected chi connectivity index (χ0v) is 19.7. The number of hydrogen-bond donors (Lipinski definition) is 1. The Hall–Kier alpha value is -3.34. The van der Waals surface area contributed by atoms with Gasteiger partial charge in [-0.2, -0.15) is 4.58 Å². The number of rotatable bonds is 3. The van der Waals surface area contributed by atoms with E-state index in [1.807, 2.05) is 20.8 Å². The second kappa shape index (κ2) is 8.54. The molecule has 2 aromatic rings. The van der Waals surface area contributed by atoms with Crippen molar-refractivity contribution >= 4 is 23.7 Å². The van der Waals surface area contributed by atoms with E-state index in [4.69, 9.17) is 4.74 Å². The van der Waals surface area contributed by atoms with Crippen LogP contribution in [-0.4, -0.2) is 35.6 Å². The Labute approximate surface area is 196 Å². The Morgan fingerprint density at radius 1 is 1.00 bits per heavy atom. The number of nitrogens with one attached hydrogen (secondary N) is 1. The monoisotopic (exact) mass is 442 g/mol. The number of carbonyl (C=O) groups excluding carboxylic acids is 1. The van der Waals surface area contributed by atoms with E-state index in [1.54, 1.807) is 0 Å². The summed E-state index contributed by atoms with van der Waals surface area (Å²) in [4.78, 5) is 15.1. The fourth-order valence-electron chi connectivity index (χ4n) is 4.92. The van der Waals surface area contributed by atoms with Crippen molar-refractivity contribution in [2.75, 3.05) is 18.0 Å². The summed E-state index contributed by atoms with van der Waals surface area (Å²) in [6.07, 6.45) is 7.91. The van der Waals surface area contributed by atoms with Gasteiger partial charge < -0.3 is 9.64 Å².